The largest absolute Gasteiger partial charge is 0.391 e. The van der Waals surface area contributed by atoms with Crippen molar-refractivity contribution in [1.82, 2.24) is 0 Å². The lowest BCUT2D eigenvalue weighted by Crippen LogP contribution is -2.25. The minimum Gasteiger partial charge on any atom is -0.391 e. The first kappa shape index (κ1) is 12.4. The molecular formula is C10H16ClNO. The van der Waals surface area contributed by atoms with Gasteiger partial charge in [0.05, 0.1) is 12.1 Å². The highest BCUT2D eigenvalue weighted by Crippen LogP contribution is 2.15. The number of hydrogen-bond donors (Lipinski definition) is 2. The molecule has 1 rings (SSSR count). The van der Waals surface area contributed by atoms with Crippen molar-refractivity contribution in [1.29, 1.82) is 0 Å². The third-order valence-electron chi connectivity index (χ3n) is 2.02. The van der Waals surface area contributed by atoms with Crippen LogP contribution in [-0.4, -0.2) is 11.2 Å². The topological polar surface area (TPSA) is 46.2 Å². The number of halogens is 1. The van der Waals surface area contributed by atoms with Crippen LogP contribution in [0.15, 0.2) is 30.3 Å². The summed E-state index contributed by atoms with van der Waals surface area (Å²) in [5.74, 6) is 0. The molecule has 0 heterocycles. The van der Waals surface area contributed by atoms with Gasteiger partial charge in [0.1, 0.15) is 0 Å². The molecule has 3 N–H and O–H groups in total. The minimum atomic E-state index is -0.438. The van der Waals surface area contributed by atoms with Crippen LogP contribution in [0, 0.1) is 0 Å². The number of benzene rings is 1. The van der Waals surface area contributed by atoms with E-state index in [1.165, 1.54) is 0 Å². The van der Waals surface area contributed by atoms with E-state index < -0.39 is 6.10 Å². The Bertz CT molecular complexity index is 228. The summed E-state index contributed by atoms with van der Waals surface area (Å²) >= 11 is 0. The SMILES string of the molecule is CCC(O)C(N)c1ccccc1.Cl. The first-order chi connectivity index (χ1) is 5.75. The summed E-state index contributed by atoms with van der Waals surface area (Å²) in [5.41, 5.74) is 6.79. The Labute approximate surface area is 85.2 Å². The Kier molecular flexibility index (Phi) is 5.71. The van der Waals surface area contributed by atoms with E-state index in [1.807, 2.05) is 37.3 Å². The molecule has 74 valence electrons. The van der Waals surface area contributed by atoms with E-state index in [1.54, 1.807) is 0 Å². The maximum absolute atomic E-state index is 9.45. The van der Waals surface area contributed by atoms with Crippen LogP contribution in [0.25, 0.3) is 0 Å². The zero-order valence-corrected chi connectivity index (χ0v) is 8.50. The maximum Gasteiger partial charge on any atom is 0.0730 e. The van der Waals surface area contributed by atoms with Crippen molar-refractivity contribution < 1.29 is 5.11 Å². The summed E-state index contributed by atoms with van der Waals surface area (Å²) < 4.78 is 0. The zero-order chi connectivity index (χ0) is 8.97. The normalized spacial score (nSPS) is 14.4. The molecule has 0 aliphatic carbocycles. The smallest absolute Gasteiger partial charge is 0.0730 e. The van der Waals surface area contributed by atoms with Gasteiger partial charge in [-0.05, 0) is 12.0 Å². The van der Waals surface area contributed by atoms with Gasteiger partial charge < -0.3 is 10.8 Å². The van der Waals surface area contributed by atoms with Crippen molar-refractivity contribution in [2.45, 2.75) is 25.5 Å². The number of aliphatic hydroxyl groups excluding tert-OH is 1. The standard InChI is InChI=1S/C10H15NO.ClH/c1-2-9(12)10(11)8-6-4-3-5-7-8;/h3-7,9-10,12H,2,11H2,1H3;1H. The fourth-order valence-corrected chi connectivity index (χ4v) is 1.15. The third-order valence-corrected chi connectivity index (χ3v) is 2.02. The van der Waals surface area contributed by atoms with Crippen LogP contribution < -0.4 is 5.73 Å². The van der Waals surface area contributed by atoms with E-state index in [4.69, 9.17) is 5.73 Å². The fourth-order valence-electron chi connectivity index (χ4n) is 1.15. The molecule has 0 fully saturated rings. The van der Waals surface area contributed by atoms with Gasteiger partial charge in [-0.3, -0.25) is 0 Å². The monoisotopic (exact) mass is 201 g/mol. The van der Waals surface area contributed by atoms with Crippen LogP contribution in [-0.2, 0) is 0 Å². The lowest BCUT2D eigenvalue weighted by Gasteiger charge is -2.17. The van der Waals surface area contributed by atoms with Crippen molar-refractivity contribution in [2.24, 2.45) is 5.73 Å². The lowest BCUT2D eigenvalue weighted by molar-refractivity contribution is 0.140. The molecule has 1 aromatic rings. The first-order valence-corrected chi connectivity index (χ1v) is 4.24. The fraction of sp³-hybridized carbons (Fsp3) is 0.400. The summed E-state index contributed by atoms with van der Waals surface area (Å²) in [7, 11) is 0. The number of hydrogen-bond acceptors (Lipinski definition) is 2. The Morgan fingerprint density at radius 3 is 2.31 bits per heavy atom. The predicted octanol–water partition coefficient (Wildman–Crippen LogP) is 1.88. The van der Waals surface area contributed by atoms with Crippen molar-refractivity contribution in [3.8, 4) is 0 Å². The Morgan fingerprint density at radius 1 is 1.31 bits per heavy atom. The van der Waals surface area contributed by atoms with Crippen molar-refractivity contribution in [3.63, 3.8) is 0 Å². The lowest BCUT2D eigenvalue weighted by atomic mass is 10.0. The average molecular weight is 202 g/mol. The van der Waals surface area contributed by atoms with Crippen LogP contribution in [0.1, 0.15) is 24.9 Å². The molecular weight excluding hydrogens is 186 g/mol. The summed E-state index contributed by atoms with van der Waals surface area (Å²) in [6, 6.07) is 9.41. The molecule has 0 aliphatic rings. The third kappa shape index (κ3) is 3.35. The van der Waals surface area contributed by atoms with Crippen LogP contribution in [0.5, 0.6) is 0 Å². The molecule has 0 amide bonds. The quantitative estimate of drug-likeness (QED) is 0.785. The Balaban J connectivity index is 0.00000144. The van der Waals surface area contributed by atoms with E-state index in [9.17, 15) is 5.11 Å². The molecule has 13 heavy (non-hydrogen) atoms. The second kappa shape index (κ2) is 5.97. The van der Waals surface area contributed by atoms with Gasteiger partial charge in [-0.15, -0.1) is 12.4 Å². The van der Waals surface area contributed by atoms with Gasteiger partial charge in [-0.2, -0.15) is 0 Å². The van der Waals surface area contributed by atoms with Gasteiger partial charge in [0.15, 0.2) is 0 Å². The molecule has 2 atom stereocenters. The molecule has 3 heteroatoms. The van der Waals surface area contributed by atoms with Crippen molar-refractivity contribution in [2.75, 3.05) is 0 Å². The average Bonchev–Trinajstić information content (AvgIpc) is 2.17. The van der Waals surface area contributed by atoms with Crippen molar-refractivity contribution >= 4 is 12.4 Å². The molecule has 0 spiro atoms. The van der Waals surface area contributed by atoms with E-state index in [0.29, 0.717) is 6.42 Å². The molecule has 0 radical (unpaired) electrons. The van der Waals surface area contributed by atoms with E-state index in [-0.39, 0.29) is 18.4 Å². The van der Waals surface area contributed by atoms with Crippen LogP contribution >= 0.6 is 12.4 Å². The van der Waals surface area contributed by atoms with Gasteiger partial charge in [0, 0.05) is 0 Å². The van der Waals surface area contributed by atoms with Crippen LogP contribution in [0.2, 0.25) is 0 Å². The highest BCUT2D eigenvalue weighted by molar-refractivity contribution is 5.85. The first-order valence-electron chi connectivity index (χ1n) is 4.24. The van der Waals surface area contributed by atoms with Gasteiger partial charge in [0.2, 0.25) is 0 Å². The van der Waals surface area contributed by atoms with Gasteiger partial charge in [-0.25, -0.2) is 0 Å². The summed E-state index contributed by atoms with van der Waals surface area (Å²) in [6.07, 6.45) is 0.253. The zero-order valence-electron chi connectivity index (χ0n) is 7.68. The molecule has 2 unspecified atom stereocenters. The highest BCUT2D eigenvalue weighted by Gasteiger charge is 2.13. The summed E-state index contributed by atoms with van der Waals surface area (Å²) in [4.78, 5) is 0. The molecule has 0 bridgehead atoms. The van der Waals surface area contributed by atoms with Crippen LogP contribution in [0.4, 0.5) is 0 Å². The Morgan fingerprint density at radius 2 is 1.85 bits per heavy atom. The second-order valence-electron chi connectivity index (χ2n) is 2.91. The molecule has 0 saturated heterocycles. The summed E-state index contributed by atoms with van der Waals surface area (Å²) in [5, 5.41) is 9.45. The Hall–Kier alpha value is -0.570. The van der Waals surface area contributed by atoms with Crippen molar-refractivity contribution in [3.05, 3.63) is 35.9 Å². The molecule has 0 aromatic heterocycles. The van der Waals surface area contributed by atoms with Crippen LogP contribution in [0.3, 0.4) is 0 Å². The van der Waals surface area contributed by atoms with Gasteiger partial charge >= 0.3 is 0 Å². The van der Waals surface area contributed by atoms with Gasteiger partial charge in [0.25, 0.3) is 0 Å². The van der Waals surface area contributed by atoms with E-state index in [0.717, 1.165) is 5.56 Å². The highest BCUT2D eigenvalue weighted by atomic mass is 35.5. The molecule has 2 nitrogen and oxygen atoms in total. The maximum atomic E-state index is 9.45. The molecule has 0 aliphatic heterocycles. The van der Waals surface area contributed by atoms with Gasteiger partial charge in [-0.1, -0.05) is 37.3 Å². The van der Waals surface area contributed by atoms with E-state index >= 15 is 0 Å². The molecule has 0 saturated carbocycles. The number of nitrogens with two attached hydrogens (primary N) is 1. The number of rotatable bonds is 3. The predicted molar refractivity (Wildman–Crippen MR) is 56.9 cm³/mol. The molecule has 1 aromatic carbocycles. The second-order valence-corrected chi connectivity index (χ2v) is 2.91. The van der Waals surface area contributed by atoms with E-state index in [2.05, 4.69) is 0 Å². The number of aliphatic hydroxyl groups is 1. The summed E-state index contributed by atoms with van der Waals surface area (Å²) in [6.45, 7) is 1.92. The minimum absolute atomic E-state index is 0.